The van der Waals surface area contributed by atoms with Gasteiger partial charge in [-0.2, -0.15) is 0 Å². The summed E-state index contributed by atoms with van der Waals surface area (Å²) in [7, 11) is -0.946. The van der Waals surface area contributed by atoms with Gasteiger partial charge in [-0.3, -0.25) is 4.79 Å². The average Bonchev–Trinajstić information content (AvgIpc) is 1.21. The number of nitrogens with two attached hydrogens (primary N) is 1. The third-order valence-electron chi connectivity index (χ3n) is 0.630. The minimum Gasteiger partial charge on any atom is -0.367 e. The molecule has 0 aliphatic carbocycles. The lowest BCUT2D eigenvalue weighted by molar-refractivity contribution is -0.115. The molecule has 0 bridgehead atoms. The summed E-state index contributed by atoms with van der Waals surface area (Å²) in [4.78, 5) is 10.3. The number of amides is 1. The molecule has 0 unspecified atom stereocenters. The van der Waals surface area contributed by atoms with Crippen LogP contribution in [0, 0.1) is 0 Å². The maximum absolute atomic E-state index is 10.3. The molecule has 0 aliphatic heterocycles. The number of primary amides is 1. The van der Waals surface area contributed by atoms with Crippen LogP contribution in [0.1, 0.15) is 0 Å². The summed E-state index contributed by atoms with van der Waals surface area (Å²) in [6.07, 6.45) is 0.576. The zero-order chi connectivity index (χ0) is 6.78. The lowest BCUT2D eigenvalue weighted by Gasteiger charge is -2.06. The van der Waals surface area contributed by atoms with Crippen LogP contribution in [-0.4, -0.2) is 32.1 Å². The van der Waals surface area contributed by atoms with E-state index in [0.29, 0.717) is 6.16 Å². The Morgan fingerprint density at radius 3 is 1.88 bits per heavy atom. The molecule has 0 radical (unpaired) electrons. The Morgan fingerprint density at radius 2 is 1.88 bits per heavy atom. The second kappa shape index (κ2) is 2.45. The number of hydrogen-bond donors (Lipinski definition) is 1. The smallest absolute Gasteiger partial charge is 0.254 e. The van der Waals surface area contributed by atoms with Gasteiger partial charge in [0.25, 0.3) is 5.91 Å². The fraction of sp³-hybridized carbons (Fsp3) is 0.800. The predicted octanol–water partition coefficient (Wildman–Crippen LogP) is 0.379. The van der Waals surface area contributed by atoms with Crippen LogP contribution in [0.25, 0.3) is 0 Å². The van der Waals surface area contributed by atoms with Crippen molar-refractivity contribution in [1.29, 1.82) is 0 Å². The number of carbonyl (C=O) groups excluding carboxylic acids is 1. The van der Waals surface area contributed by atoms with Gasteiger partial charge < -0.3 is 5.73 Å². The summed E-state index contributed by atoms with van der Waals surface area (Å²) < 4.78 is 0. The summed E-state index contributed by atoms with van der Waals surface area (Å²) in [5.74, 6) is -0.175. The van der Waals surface area contributed by atoms with Gasteiger partial charge in [-0.15, -0.1) is 0 Å². The Hall–Kier alpha value is -0.100. The molecule has 0 saturated heterocycles. The van der Waals surface area contributed by atoms with E-state index in [4.69, 9.17) is 5.73 Å². The second-order valence-corrected chi connectivity index (χ2v) is 7.81. The van der Waals surface area contributed by atoms with Crippen LogP contribution in [0.2, 0.25) is 0 Å². The third-order valence-corrected chi connectivity index (χ3v) is 1.89. The average molecular weight is 134 g/mol. The fourth-order valence-corrected chi connectivity index (χ4v) is 1.40. The summed E-state index contributed by atoms with van der Waals surface area (Å²) in [5.41, 5.74) is 4.97. The molecule has 0 saturated carbocycles. The lowest BCUT2D eigenvalue weighted by atomic mass is 10.8. The van der Waals surface area contributed by atoms with Gasteiger partial charge in [-0.05, 0) is 0 Å². The van der Waals surface area contributed by atoms with Crippen molar-refractivity contribution < 1.29 is 4.79 Å². The fourth-order valence-electron chi connectivity index (χ4n) is 0.468. The molecule has 8 heavy (non-hydrogen) atoms. The van der Waals surface area contributed by atoms with Gasteiger partial charge >= 0.3 is 0 Å². The number of rotatable bonds is 2. The van der Waals surface area contributed by atoms with Crippen molar-refractivity contribution in [3.8, 4) is 0 Å². The van der Waals surface area contributed by atoms with Crippen LogP contribution in [0.4, 0.5) is 0 Å². The van der Waals surface area contributed by atoms with Gasteiger partial charge in [-0.1, -0.05) is 0 Å². The van der Waals surface area contributed by atoms with Crippen molar-refractivity contribution in [3.63, 3.8) is 0 Å². The molecule has 1 amide bonds. The van der Waals surface area contributed by atoms with Crippen LogP contribution in [-0.2, 0) is 4.79 Å². The largest absolute Gasteiger partial charge is 0.367 e. The zero-order valence-electron chi connectivity index (χ0n) is 5.64. The maximum Gasteiger partial charge on any atom is 0.254 e. The van der Waals surface area contributed by atoms with Gasteiger partial charge in [0.1, 0.15) is 6.16 Å². The topological polar surface area (TPSA) is 43.1 Å². The van der Waals surface area contributed by atoms with E-state index in [-0.39, 0.29) is 5.91 Å². The van der Waals surface area contributed by atoms with Crippen molar-refractivity contribution in [1.82, 2.24) is 0 Å². The van der Waals surface area contributed by atoms with Gasteiger partial charge in [0, 0.05) is 27.3 Å². The molecule has 0 aromatic rings. The van der Waals surface area contributed by atoms with Crippen LogP contribution in [0.15, 0.2) is 0 Å². The molecule has 0 heterocycles. The van der Waals surface area contributed by atoms with E-state index in [1.807, 2.05) is 0 Å². The van der Waals surface area contributed by atoms with E-state index in [9.17, 15) is 4.79 Å². The van der Waals surface area contributed by atoms with Crippen LogP contribution in [0.3, 0.4) is 0 Å². The van der Waals surface area contributed by atoms with Crippen molar-refractivity contribution >= 4 is 13.2 Å². The molecule has 0 fully saturated rings. The molecule has 0 aliphatic rings. The van der Waals surface area contributed by atoms with E-state index < -0.39 is 7.26 Å². The molecule has 0 spiro atoms. The summed E-state index contributed by atoms with van der Waals surface area (Å²) in [6, 6.07) is 0. The minimum atomic E-state index is -0.946. The molecule has 0 rings (SSSR count). The molecular formula is C5H13NOP+. The van der Waals surface area contributed by atoms with E-state index in [1.54, 1.807) is 0 Å². The van der Waals surface area contributed by atoms with Gasteiger partial charge in [-0.25, -0.2) is 0 Å². The maximum atomic E-state index is 10.3. The van der Waals surface area contributed by atoms with E-state index in [2.05, 4.69) is 20.0 Å². The summed E-state index contributed by atoms with van der Waals surface area (Å²) >= 11 is 0. The Bertz CT molecular complexity index is 95.1. The molecule has 0 aromatic carbocycles. The molecule has 48 valence electrons. The molecule has 0 aromatic heterocycles. The van der Waals surface area contributed by atoms with Gasteiger partial charge in [0.2, 0.25) is 0 Å². The monoisotopic (exact) mass is 134 g/mol. The predicted molar refractivity (Wildman–Crippen MR) is 38.8 cm³/mol. The van der Waals surface area contributed by atoms with Crippen molar-refractivity contribution in [2.75, 3.05) is 26.2 Å². The first-order chi connectivity index (χ1) is 3.42. The first-order valence-corrected chi connectivity index (χ1v) is 5.82. The third kappa shape index (κ3) is 5.90. The standard InChI is InChI=1S/C5H12NOP/c1-8(2,3)4-5(6)7/h4H2,1-3H3,(H-,6,7)/p+1. The molecule has 2 N–H and O–H groups in total. The molecular weight excluding hydrogens is 121 g/mol. The summed E-state index contributed by atoms with van der Waals surface area (Å²) in [5, 5.41) is 0. The second-order valence-electron chi connectivity index (χ2n) is 2.91. The van der Waals surface area contributed by atoms with E-state index in [0.717, 1.165) is 0 Å². The quantitative estimate of drug-likeness (QED) is 0.545. The van der Waals surface area contributed by atoms with Crippen molar-refractivity contribution in [3.05, 3.63) is 0 Å². The first kappa shape index (κ1) is 7.90. The highest BCUT2D eigenvalue weighted by atomic mass is 31.2. The highest BCUT2D eigenvalue weighted by Gasteiger charge is 2.19. The summed E-state index contributed by atoms with van der Waals surface area (Å²) in [6.45, 7) is 6.28. The van der Waals surface area contributed by atoms with Crippen molar-refractivity contribution in [2.45, 2.75) is 0 Å². The van der Waals surface area contributed by atoms with E-state index in [1.165, 1.54) is 0 Å². The Kier molecular flexibility index (Phi) is 2.42. The van der Waals surface area contributed by atoms with Crippen LogP contribution < -0.4 is 5.73 Å². The Morgan fingerprint density at radius 1 is 1.50 bits per heavy atom. The Balaban J connectivity index is 3.55. The van der Waals surface area contributed by atoms with Gasteiger partial charge in [0.05, 0.1) is 0 Å². The zero-order valence-corrected chi connectivity index (χ0v) is 6.53. The first-order valence-electron chi connectivity index (χ1n) is 2.50. The number of hydrogen-bond acceptors (Lipinski definition) is 1. The SMILES string of the molecule is C[P+](C)(C)CC(N)=O. The van der Waals surface area contributed by atoms with E-state index >= 15 is 0 Å². The van der Waals surface area contributed by atoms with Crippen LogP contribution >= 0.6 is 7.26 Å². The van der Waals surface area contributed by atoms with Crippen molar-refractivity contribution in [2.24, 2.45) is 5.73 Å². The highest BCUT2D eigenvalue weighted by Crippen LogP contribution is 2.45. The molecule has 2 nitrogen and oxygen atoms in total. The lowest BCUT2D eigenvalue weighted by Crippen LogP contribution is -2.17. The molecule has 3 heteroatoms. The van der Waals surface area contributed by atoms with Gasteiger partial charge in [0.15, 0.2) is 0 Å². The number of carbonyl (C=O) groups is 1. The Labute approximate surface area is 50.8 Å². The minimum absolute atomic E-state index is 0.175. The normalized spacial score (nSPS) is 11.4. The van der Waals surface area contributed by atoms with Crippen LogP contribution in [0.5, 0.6) is 0 Å². The molecule has 0 atom stereocenters. The highest BCUT2D eigenvalue weighted by molar-refractivity contribution is 7.74.